The molecule has 0 radical (unpaired) electrons. The number of hydrogen-bond acceptors (Lipinski definition) is 4. The minimum absolute atomic E-state index is 0.0360. The normalized spacial score (nSPS) is 14.4. The highest BCUT2D eigenvalue weighted by Gasteiger charge is 2.29. The SMILES string of the molecule is CCSCc1cc(-c2cc(C)c(=O)n(C)c2)c2oc(C3CC3)nc2c1. The van der Waals surface area contributed by atoms with Crippen LogP contribution in [-0.2, 0) is 12.8 Å². The standard InChI is InChI=1S/C20H22N2O2S/c1-4-25-11-13-8-16(15-7-12(2)20(23)22(3)10-15)18-17(9-13)21-19(24-18)14-5-6-14/h7-10,14H,4-6,11H2,1-3H3. The second-order valence-corrected chi connectivity index (χ2v) is 8.06. The van der Waals surface area contributed by atoms with Gasteiger partial charge in [0.05, 0.1) is 0 Å². The third kappa shape index (κ3) is 3.13. The van der Waals surface area contributed by atoms with Crippen molar-refractivity contribution in [2.45, 2.75) is 38.4 Å². The molecule has 0 aliphatic heterocycles. The molecule has 0 spiro atoms. The van der Waals surface area contributed by atoms with Crippen LogP contribution in [0.4, 0.5) is 0 Å². The molecule has 0 N–H and O–H groups in total. The van der Waals surface area contributed by atoms with Gasteiger partial charge in [-0.2, -0.15) is 11.8 Å². The summed E-state index contributed by atoms with van der Waals surface area (Å²) in [6.07, 6.45) is 4.22. The van der Waals surface area contributed by atoms with Crippen LogP contribution < -0.4 is 5.56 Å². The van der Waals surface area contributed by atoms with Crippen LogP contribution in [0.2, 0.25) is 0 Å². The molecule has 2 heterocycles. The van der Waals surface area contributed by atoms with Crippen molar-refractivity contribution >= 4 is 22.9 Å². The first-order chi connectivity index (χ1) is 12.1. The van der Waals surface area contributed by atoms with Crippen LogP contribution >= 0.6 is 11.8 Å². The Balaban J connectivity index is 1.91. The Bertz CT molecular complexity index is 973. The van der Waals surface area contributed by atoms with Gasteiger partial charge in [0.1, 0.15) is 5.52 Å². The molecule has 0 bridgehead atoms. The fourth-order valence-electron chi connectivity index (χ4n) is 3.16. The molecule has 5 heteroatoms. The Morgan fingerprint density at radius 3 is 2.80 bits per heavy atom. The highest BCUT2D eigenvalue weighted by Crippen LogP contribution is 2.42. The molecular weight excluding hydrogens is 332 g/mol. The number of hydrogen-bond donors (Lipinski definition) is 0. The van der Waals surface area contributed by atoms with Crippen LogP contribution in [0.3, 0.4) is 0 Å². The van der Waals surface area contributed by atoms with E-state index in [0.29, 0.717) is 5.92 Å². The van der Waals surface area contributed by atoms with Crippen molar-refractivity contribution in [3.63, 3.8) is 0 Å². The van der Waals surface area contributed by atoms with Gasteiger partial charge in [0.25, 0.3) is 5.56 Å². The van der Waals surface area contributed by atoms with Crippen molar-refractivity contribution in [1.29, 1.82) is 0 Å². The minimum atomic E-state index is 0.0360. The molecule has 1 saturated carbocycles. The maximum Gasteiger partial charge on any atom is 0.253 e. The predicted molar refractivity (Wildman–Crippen MR) is 103 cm³/mol. The van der Waals surface area contributed by atoms with E-state index >= 15 is 0 Å². The van der Waals surface area contributed by atoms with Gasteiger partial charge in [-0.25, -0.2) is 4.98 Å². The molecule has 4 rings (SSSR count). The molecule has 1 aliphatic rings. The summed E-state index contributed by atoms with van der Waals surface area (Å²) in [5, 5.41) is 0. The van der Waals surface area contributed by atoms with Gasteiger partial charge in [-0.15, -0.1) is 0 Å². The third-order valence-electron chi connectivity index (χ3n) is 4.64. The topological polar surface area (TPSA) is 48.0 Å². The van der Waals surface area contributed by atoms with Crippen LogP contribution in [-0.4, -0.2) is 15.3 Å². The van der Waals surface area contributed by atoms with Crippen LogP contribution in [0.1, 0.15) is 42.7 Å². The van der Waals surface area contributed by atoms with Crippen LogP contribution in [0.15, 0.2) is 33.6 Å². The van der Waals surface area contributed by atoms with Crippen LogP contribution in [0, 0.1) is 6.92 Å². The van der Waals surface area contributed by atoms with Gasteiger partial charge in [-0.3, -0.25) is 4.79 Å². The molecule has 2 aromatic heterocycles. The monoisotopic (exact) mass is 354 g/mol. The van der Waals surface area contributed by atoms with Crippen molar-refractivity contribution in [2.75, 3.05) is 5.75 Å². The zero-order valence-electron chi connectivity index (χ0n) is 14.8. The number of nitrogens with zero attached hydrogens (tertiary/aromatic N) is 2. The summed E-state index contributed by atoms with van der Waals surface area (Å²) >= 11 is 1.89. The fourth-order valence-corrected chi connectivity index (χ4v) is 3.76. The highest BCUT2D eigenvalue weighted by molar-refractivity contribution is 7.98. The van der Waals surface area contributed by atoms with Gasteiger partial charge >= 0.3 is 0 Å². The first-order valence-electron chi connectivity index (χ1n) is 8.75. The Kier molecular flexibility index (Phi) is 4.20. The van der Waals surface area contributed by atoms with E-state index in [1.807, 2.05) is 30.9 Å². The summed E-state index contributed by atoms with van der Waals surface area (Å²) in [6, 6.07) is 6.28. The smallest absolute Gasteiger partial charge is 0.253 e. The molecule has 4 nitrogen and oxygen atoms in total. The second-order valence-electron chi connectivity index (χ2n) is 6.78. The largest absolute Gasteiger partial charge is 0.440 e. The molecule has 1 aromatic carbocycles. The summed E-state index contributed by atoms with van der Waals surface area (Å²) in [5.74, 6) is 3.38. The van der Waals surface area contributed by atoms with E-state index in [1.165, 1.54) is 18.4 Å². The lowest BCUT2D eigenvalue weighted by molar-refractivity contribution is 0.534. The Morgan fingerprint density at radius 1 is 1.32 bits per heavy atom. The van der Waals surface area contributed by atoms with E-state index in [-0.39, 0.29) is 5.56 Å². The van der Waals surface area contributed by atoms with Gasteiger partial charge in [-0.05, 0) is 49.3 Å². The Morgan fingerprint density at radius 2 is 2.12 bits per heavy atom. The number of thioether (sulfide) groups is 1. The van der Waals surface area contributed by atoms with Crippen molar-refractivity contribution in [3.8, 4) is 11.1 Å². The molecule has 1 fully saturated rings. The average Bonchev–Trinajstić information content (AvgIpc) is 3.36. The Labute approximate surface area is 151 Å². The second kappa shape index (κ2) is 6.37. The zero-order valence-corrected chi connectivity index (χ0v) is 15.7. The quantitative estimate of drug-likeness (QED) is 0.670. The maximum absolute atomic E-state index is 12.0. The minimum Gasteiger partial charge on any atom is -0.440 e. The number of oxazole rings is 1. The molecule has 130 valence electrons. The summed E-state index contributed by atoms with van der Waals surface area (Å²) < 4.78 is 7.78. The Hall–Kier alpha value is -2.01. The molecule has 3 aromatic rings. The molecule has 0 unspecified atom stereocenters. The molecule has 1 aliphatic carbocycles. The molecule has 0 atom stereocenters. The average molecular weight is 354 g/mol. The van der Waals surface area contributed by atoms with E-state index in [4.69, 9.17) is 9.40 Å². The van der Waals surface area contributed by atoms with Crippen molar-refractivity contribution in [1.82, 2.24) is 9.55 Å². The molecular formula is C20H22N2O2S. The number of aryl methyl sites for hydroxylation is 2. The van der Waals surface area contributed by atoms with Crippen molar-refractivity contribution in [2.24, 2.45) is 7.05 Å². The van der Waals surface area contributed by atoms with Gasteiger partial charge < -0.3 is 8.98 Å². The predicted octanol–water partition coefficient (Wildman–Crippen LogP) is 4.63. The molecule has 0 saturated heterocycles. The molecule has 25 heavy (non-hydrogen) atoms. The summed E-state index contributed by atoms with van der Waals surface area (Å²) in [7, 11) is 1.79. The number of fused-ring (bicyclic) bond motifs is 1. The van der Waals surface area contributed by atoms with Crippen LogP contribution in [0.5, 0.6) is 0 Å². The van der Waals surface area contributed by atoms with Gasteiger partial charge in [0.2, 0.25) is 0 Å². The zero-order chi connectivity index (χ0) is 17.6. The van der Waals surface area contributed by atoms with E-state index < -0.39 is 0 Å². The van der Waals surface area contributed by atoms with E-state index in [0.717, 1.165) is 45.2 Å². The van der Waals surface area contributed by atoms with E-state index in [1.54, 1.807) is 11.6 Å². The summed E-state index contributed by atoms with van der Waals surface area (Å²) in [5.41, 5.74) is 5.82. The first-order valence-corrected chi connectivity index (χ1v) is 9.91. The molecule has 0 amide bonds. The lowest BCUT2D eigenvalue weighted by Crippen LogP contribution is -2.18. The van der Waals surface area contributed by atoms with Gasteiger partial charge in [0.15, 0.2) is 11.5 Å². The van der Waals surface area contributed by atoms with Gasteiger partial charge in [-0.1, -0.05) is 6.92 Å². The number of rotatable bonds is 5. The maximum atomic E-state index is 12.0. The van der Waals surface area contributed by atoms with E-state index in [2.05, 4.69) is 19.1 Å². The number of pyridine rings is 1. The lowest BCUT2D eigenvalue weighted by Gasteiger charge is -2.09. The lowest BCUT2D eigenvalue weighted by atomic mass is 10.0. The van der Waals surface area contributed by atoms with Crippen molar-refractivity contribution < 1.29 is 4.42 Å². The first kappa shape index (κ1) is 16.5. The summed E-state index contributed by atoms with van der Waals surface area (Å²) in [4.78, 5) is 16.8. The fraction of sp³-hybridized carbons (Fsp3) is 0.400. The van der Waals surface area contributed by atoms with Gasteiger partial charge in [0, 0.05) is 41.6 Å². The van der Waals surface area contributed by atoms with E-state index in [9.17, 15) is 4.79 Å². The number of aromatic nitrogens is 2. The van der Waals surface area contributed by atoms with Crippen LogP contribution in [0.25, 0.3) is 22.2 Å². The van der Waals surface area contributed by atoms with Crippen molar-refractivity contribution in [3.05, 3.63) is 51.8 Å². The number of benzene rings is 1. The highest BCUT2D eigenvalue weighted by atomic mass is 32.2. The third-order valence-corrected chi connectivity index (χ3v) is 5.58. The summed E-state index contributed by atoms with van der Waals surface area (Å²) in [6.45, 7) is 4.03.